The molecule has 0 bridgehead atoms. The maximum Gasteiger partial charge on any atom is 0.275 e. The average molecular weight is 433 g/mol. The van der Waals surface area contributed by atoms with E-state index < -0.39 is 0 Å². The minimum Gasteiger partial charge on any atom is -0.347 e. The van der Waals surface area contributed by atoms with Crippen LogP contribution in [-0.4, -0.2) is 38.6 Å². The van der Waals surface area contributed by atoms with E-state index in [1.807, 2.05) is 0 Å². The van der Waals surface area contributed by atoms with E-state index in [9.17, 15) is 9.59 Å². The highest BCUT2D eigenvalue weighted by Gasteiger charge is 2.27. The number of halogens is 1. The fourth-order valence-electron chi connectivity index (χ4n) is 3.37. The minimum atomic E-state index is -0.148. The van der Waals surface area contributed by atoms with Crippen molar-refractivity contribution in [3.8, 4) is 0 Å². The number of carbonyl (C=O) groups excluding carboxylic acids is 1. The molecule has 0 unspecified atom stereocenters. The topological polar surface area (TPSA) is 92.5 Å². The zero-order valence-electron chi connectivity index (χ0n) is 16.0. The third kappa shape index (κ3) is 4.40. The lowest BCUT2D eigenvalue weighted by atomic mass is 9.96. The van der Waals surface area contributed by atoms with Crippen LogP contribution in [0.15, 0.2) is 29.2 Å². The first-order chi connectivity index (χ1) is 14.0. The van der Waals surface area contributed by atoms with E-state index in [4.69, 9.17) is 11.6 Å². The number of amides is 1. The van der Waals surface area contributed by atoms with E-state index in [0.717, 1.165) is 23.7 Å². The molecule has 29 heavy (non-hydrogen) atoms. The number of hydrogen-bond acceptors (Lipinski definition) is 7. The second kappa shape index (κ2) is 8.46. The largest absolute Gasteiger partial charge is 0.347 e. The molecule has 1 amide bonds. The van der Waals surface area contributed by atoms with Gasteiger partial charge in [0.25, 0.3) is 5.56 Å². The zero-order chi connectivity index (χ0) is 20.4. The van der Waals surface area contributed by atoms with Gasteiger partial charge in [0.05, 0.1) is 5.02 Å². The van der Waals surface area contributed by atoms with Crippen LogP contribution in [0.5, 0.6) is 0 Å². The Balaban J connectivity index is 1.41. The van der Waals surface area contributed by atoms with Gasteiger partial charge in [-0.1, -0.05) is 36.3 Å². The Morgan fingerprint density at radius 3 is 2.83 bits per heavy atom. The first kappa shape index (κ1) is 19.8. The molecule has 3 aromatic rings. The number of piperidine rings is 1. The van der Waals surface area contributed by atoms with Gasteiger partial charge in [0.1, 0.15) is 5.82 Å². The van der Waals surface area contributed by atoms with Crippen molar-refractivity contribution < 1.29 is 4.79 Å². The highest BCUT2D eigenvalue weighted by molar-refractivity contribution is 7.20. The van der Waals surface area contributed by atoms with Crippen LogP contribution in [0.4, 0.5) is 10.9 Å². The molecule has 1 aliphatic heterocycles. The normalized spacial score (nSPS) is 15.0. The fraction of sp³-hybridized carbons (Fsp3) is 0.421. The number of pyridine rings is 1. The molecule has 0 saturated carbocycles. The molecule has 1 N–H and O–H groups in total. The summed E-state index contributed by atoms with van der Waals surface area (Å²) < 4.78 is 1.37. The van der Waals surface area contributed by atoms with Gasteiger partial charge in [0.15, 0.2) is 0 Å². The number of nitrogens with one attached hydrogen (secondary N) is 1. The Morgan fingerprint density at radius 2 is 2.14 bits per heavy atom. The summed E-state index contributed by atoms with van der Waals surface area (Å²) in [6, 6.07) is 4.94. The summed E-state index contributed by atoms with van der Waals surface area (Å²) in [7, 11) is 0. The summed E-state index contributed by atoms with van der Waals surface area (Å²) in [4.78, 5) is 36.2. The molecule has 1 saturated heterocycles. The first-order valence-electron chi connectivity index (χ1n) is 9.60. The van der Waals surface area contributed by atoms with E-state index in [1.54, 1.807) is 18.2 Å². The summed E-state index contributed by atoms with van der Waals surface area (Å²) in [6.07, 6.45) is 4.64. The standard InChI is InChI=1S/C19H21ClN6O2S/c1-2-3-14-10-16(27)26-18(22-14)29-19(24-26)25-8-6-12(7-9-25)17(28)23-15-5-4-13(20)11-21-15/h4-5,10-12H,2-3,6-9H2,1H3,(H,21,23,28). The van der Waals surface area contributed by atoms with Gasteiger partial charge in [0, 0.05) is 37.0 Å². The van der Waals surface area contributed by atoms with Crippen LogP contribution in [0.1, 0.15) is 31.9 Å². The molecule has 0 spiro atoms. The van der Waals surface area contributed by atoms with Gasteiger partial charge in [-0.2, -0.15) is 4.52 Å². The van der Waals surface area contributed by atoms with Crippen molar-refractivity contribution >= 4 is 44.8 Å². The molecular formula is C19H21ClN6O2S. The molecule has 8 nitrogen and oxygen atoms in total. The quantitative estimate of drug-likeness (QED) is 0.666. The van der Waals surface area contributed by atoms with Crippen LogP contribution in [0.3, 0.4) is 0 Å². The molecule has 3 aromatic heterocycles. The molecule has 152 valence electrons. The molecule has 1 fully saturated rings. The summed E-state index contributed by atoms with van der Waals surface area (Å²) in [5, 5.41) is 8.59. The molecule has 1 aliphatic rings. The smallest absolute Gasteiger partial charge is 0.275 e. The van der Waals surface area contributed by atoms with Crippen molar-refractivity contribution in [2.75, 3.05) is 23.3 Å². The van der Waals surface area contributed by atoms with E-state index in [0.29, 0.717) is 41.7 Å². The van der Waals surface area contributed by atoms with Crippen molar-refractivity contribution in [2.45, 2.75) is 32.6 Å². The Hall–Kier alpha value is -2.52. The number of fused-ring (bicyclic) bond motifs is 1. The number of hydrogen-bond donors (Lipinski definition) is 1. The number of carbonyl (C=O) groups is 1. The Kier molecular flexibility index (Phi) is 5.77. The monoisotopic (exact) mass is 432 g/mol. The van der Waals surface area contributed by atoms with E-state index in [1.165, 1.54) is 22.0 Å². The molecule has 10 heteroatoms. The maximum absolute atomic E-state index is 12.5. The van der Waals surface area contributed by atoms with E-state index in [-0.39, 0.29) is 17.4 Å². The maximum atomic E-state index is 12.5. The second-order valence-corrected chi connectivity index (χ2v) is 8.40. The lowest BCUT2D eigenvalue weighted by Gasteiger charge is -2.30. The summed E-state index contributed by atoms with van der Waals surface area (Å²) >= 11 is 7.24. The average Bonchev–Trinajstić information content (AvgIpc) is 3.15. The Morgan fingerprint density at radius 1 is 1.34 bits per heavy atom. The Bertz CT molecular complexity index is 1070. The van der Waals surface area contributed by atoms with Crippen LogP contribution in [0.2, 0.25) is 5.02 Å². The van der Waals surface area contributed by atoms with Crippen LogP contribution in [0, 0.1) is 5.92 Å². The SMILES string of the molecule is CCCc1cc(=O)n2nc(N3CCC(C(=O)Nc4ccc(Cl)cn4)CC3)sc2n1. The number of aryl methyl sites for hydroxylation is 1. The first-order valence-corrected chi connectivity index (χ1v) is 10.8. The van der Waals surface area contributed by atoms with Gasteiger partial charge in [-0.3, -0.25) is 9.59 Å². The van der Waals surface area contributed by atoms with Gasteiger partial charge in [0.2, 0.25) is 16.0 Å². The lowest BCUT2D eigenvalue weighted by Crippen LogP contribution is -2.38. The van der Waals surface area contributed by atoms with Gasteiger partial charge in [-0.25, -0.2) is 9.97 Å². The summed E-state index contributed by atoms with van der Waals surface area (Å²) in [5.74, 6) is 0.377. The van der Waals surface area contributed by atoms with E-state index in [2.05, 4.69) is 32.2 Å². The van der Waals surface area contributed by atoms with Crippen LogP contribution in [0.25, 0.3) is 4.96 Å². The van der Waals surface area contributed by atoms with Gasteiger partial charge in [-0.05, 0) is 31.4 Å². The third-order valence-electron chi connectivity index (χ3n) is 4.91. The zero-order valence-corrected chi connectivity index (χ0v) is 17.5. The predicted octanol–water partition coefficient (Wildman–Crippen LogP) is 3.01. The van der Waals surface area contributed by atoms with Crippen LogP contribution < -0.4 is 15.8 Å². The van der Waals surface area contributed by atoms with Gasteiger partial charge >= 0.3 is 0 Å². The minimum absolute atomic E-state index is 0.0362. The number of anilines is 2. The molecule has 4 rings (SSSR count). The third-order valence-corrected chi connectivity index (χ3v) is 6.10. The molecule has 0 radical (unpaired) electrons. The van der Waals surface area contributed by atoms with Crippen molar-refractivity contribution in [2.24, 2.45) is 5.92 Å². The number of nitrogens with zero attached hydrogens (tertiary/aromatic N) is 5. The van der Waals surface area contributed by atoms with Crippen LogP contribution >= 0.6 is 22.9 Å². The number of aromatic nitrogens is 4. The second-order valence-electron chi connectivity index (χ2n) is 7.03. The molecule has 0 atom stereocenters. The highest BCUT2D eigenvalue weighted by atomic mass is 35.5. The predicted molar refractivity (Wildman–Crippen MR) is 114 cm³/mol. The molecule has 4 heterocycles. The Labute approximate surface area is 176 Å². The van der Waals surface area contributed by atoms with Crippen LogP contribution in [-0.2, 0) is 11.2 Å². The highest BCUT2D eigenvalue weighted by Crippen LogP contribution is 2.27. The molecular weight excluding hydrogens is 412 g/mol. The van der Waals surface area contributed by atoms with Crippen molar-refractivity contribution in [1.29, 1.82) is 0 Å². The van der Waals surface area contributed by atoms with Gasteiger partial charge in [-0.15, -0.1) is 5.10 Å². The van der Waals surface area contributed by atoms with Crippen molar-refractivity contribution in [3.05, 3.63) is 45.5 Å². The number of rotatable bonds is 5. The summed E-state index contributed by atoms with van der Waals surface area (Å²) in [6.45, 7) is 3.45. The van der Waals surface area contributed by atoms with Gasteiger partial charge < -0.3 is 10.2 Å². The molecule has 0 aliphatic carbocycles. The lowest BCUT2D eigenvalue weighted by molar-refractivity contribution is -0.120. The van der Waals surface area contributed by atoms with Crippen molar-refractivity contribution in [3.63, 3.8) is 0 Å². The summed E-state index contributed by atoms with van der Waals surface area (Å²) in [5.41, 5.74) is 0.657. The van der Waals surface area contributed by atoms with Crippen molar-refractivity contribution in [1.82, 2.24) is 19.6 Å². The van der Waals surface area contributed by atoms with E-state index >= 15 is 0 Å². The fourth-order valence-corrected chi connectivity index (χ4v) is 4.46. The molecule has 0 aromatic carbocycles.